The molecule has 5 heteroatoms. The normalized spacial score (nSPS) is 10.0. The van der Waals surface area contributed by atoms with Crippen molar-refractivity contribution in [2.45, 2.75) is 0 Å². The first-order valence-electron chi connectivity index (χ1n) is 5.03. The topological polar surface area (TPSA) is 53.3 Å². The van der Waals surface area contributed by atoms with Crippen molar-refractivity contribution >= 4 is 5.97 Å². The minimum Gasteiger partial charge on any atom is -0.493 e. The molecule has 0 fully saturated rings. The third kappa shape index (κ3) is 2.13. The van der Waals surface area contributed by atoms with Crippen LogP contribution in [0.15, 0.2) is 36.5 Å². The van der Waals surface area contributed by atoms with Crippen LogP contribution in [0.3, 0.4) is 0 Å². The Morgan fingerprint density at radius 1 is 1.24 bits per heavy atom. The molecule has 0 bridgehead atoms. The molecule has 0 radical (unpaired) electrons. The zero-order chi connectivity index (χ0) is 12.3. The molecule has 2 rings (SSSR count). The molecule has 0 spiro atoms. The molecule has 17 heavy (non-hydrogen) atoms. The molecule has 0 atom stereocenters. The summed E-state index contributed by atoms with van der Waals surface area (Å²) >= 11 is 0. The van der Waals surface area contributed by atoms with Crippen molar-refractivity contribution in [2.75, 3.05) is 14.2 Å². The van der Waals surface area contributed by atoms with Crippen LogP contribution in [0.5, 0.6) is 5.75 Å². The predicted molar refractivity (Wildman–Crippen MR) is 61.5 cm³/mol. The number of methoxy groups -OCH3 is 2. The van der Waals surface area contributed by atoms with Crippen molar-refractivity contribution < 1.29 is 14.3 Å². The van der Waals surface area contributed by atoms with Gasteiger partial charge in [0.25, 0.3) is 0 Å². The number of para-hydroxylation sites is 1. The van der Waals surface area contributed by atoms with Gasteiger partial charge in [0.15, 0.2) is 5.75 Å². The van der Waals surface area contributed by atoms with Gasteiger partial charge in [-0.15, -0.1) is 0 Å². The summed E-state index contributed by atoms with van der Waals surface area (Å²) in [6.07, 6.45) is 1.64. The van der Waals surface area contributed by atoms with Gasteiger partial charge in [0.1, 0.15) is 0 Å². The lowest BCUT2D eigenvalue weighted by Crippen LogP contribution is -2.05. The lowest BCUT2D eigenvalue weighted by Gasteiger charge is -1.98. The van der Waals surface area contributed by atoms with E-state index in [0.717, 1.165) is 5.69 Å². The number of nitrogens with zero attached hydrogens (tertiary/aromatic N) is 2. The van der Waals surface area contributed by atoms with E-state index in [4.69, 9.17) is 4.74 Å². The molecule has 0 unspecified atom stereocenters. The summed E-state index contributed by atoms with van der Waals surface area (Å²) in [5.41, 5.74) is 1.01. The summed E-state index contributed by atoms with van der Waals surface area (Å²) < 4.78 is 11.3. The molecule has 1 aromatic carbocycles. The van der Waals surface area contributed by atoms with Crippen molar-refractivity contribution in [3.05, 3.63) is 42.2 Å². The molecule has 88 valence electrons. The number of rotatable bonds is 3. The van der Waals surface area contributed by atoms with E-state index in [1.54, 1.807) is 10.9 Å². The summed E-state index contributed by atoms with van der Waals surface area (Å²) in [6.45, 7) is 0. The average Bonchev–Trinajstić information content (AvgIpc) is 2.83. The third-order valence-electron chi connectivity index (χ3n) is 2.30. The van der Waals surface area contributed by atoms with Gasteiger partial charge in [-0.3, -0.25) is 0 Å². The second kappa shape index (κ2) is 4.69. The highest BCUT2D eigenvalue weighted by molar-refractivity contribution is 5.90. The number of esters is 1. The molecule has 5 nitrogen and oxygen atoms in total. The summed E-state index contributed by atoms with van der Waals surface area (Å²) in [6, 6.07) is 9.45. The highest BCUT2D eigenvalue weighted by Crippen LogP contribution is 2.19. The van der Waals surface area contributed by atoms with E-state index in [9.17, 15) is 4.79 Å². The van der Waals surface area contributed by atoms with Crippen LogP contribution in [0.1, 0.15) is 10.5 Å². The Labute approximate surface area is 98.6 Å². The maximum atomic E-state index is 11.5. The summed E-state index contributed by atoms with van der Waals surface area (Å²) in [7, 11) is 2.79. The van der Waals surface area contributed by atoms with Crippen molar-refractivity contribution in [3.63, 3.8) is 0 Å². The quantitative estimate of drug-likeness (QED) is 0.755. The minimum atomic E-state index is -0.517. The van der Waals surface area contributed by atoms with E-state index < -0.39 is 5.97 Å². The monoisotopic (exact) mass is 232 g/mol. The van der Waals surface area contributed by atoms with Gasteiger partial charge >= 0.3 is 5.97 Å². The van der Waals surface area contributed by atoms with Crippen molar-refractivity contribution in [1.82, 2.24) is 9.78 Å². The smallest absolute Gasteiger partial charge is 0.362 e. The molecule has 2 aromatic rings. The van der Waals surface area contributed by atoms with Gasteiger partial charge in [0, 0.05) is 0 Å². The van der Waals surface area contributed by atoms with Crippen LogP contribution < -0.4 is 4.74 Å². The van der Waals surface area contributed by atoms with Gasteiger partial charge in [-0.05, 0) is 12.1 Å². The van der Waals surface area contributed by atoms with E-state index in [1.165, 1.54) is 14.2 Å². The number of hydrogen-bond donors (Lipinski definition) is 0. The minimum absolute atomic E-state index is 0.166. The number of benzene rings is 1. The Balaban J connectivity index is 2.45. The molecule has 0 aliphatic heterocycles. The Morgan fingerprint density at radius 2 is 1.94 bits per heavy atom. The van der Waals surface area contributed by atoms with Gasteiger partial charge < -0.3 is 9.47 Å². The van der Waals surface area contributed by atoms with Crippen molar-refractivity contribution in [2.24, 2.45) is 0 Å². The number of aromatic nitrogens is 2. The lowest BCUT2D eigenvalue weighted by atomic mass is 10.3. The van der Waals surface area contributed by atoms with Gasteiger partial charge in [0.05, 0.1) is 26.1 Å². The van der Waals surface area contributed by atoms with Gasteiger partial charge in [0.2, 0.25) is 5.69 Å². The summed E-state index contributed by atoms with van der Waals surface area (Å²) in [4.78, 5) is 11.5. The molecule has 0 amide bonds. The zero-order valence-corrected chi connectivity index (χ0v) is 9.58. The second-order valence-electron chi connectivity index (χ2n) is 3.32. The third-order valence-corrected chi connectivity index (χ3v) is 2.30. The molecule has 0 aliphatic rings. The first-order valence-corrected chi connectivity index (χ1v) is 5.03. The highest BCUT2D eigenvalue weighted by atomic mass is 16.5. The average molecular weight is 232 g/mol. The van der Waals surface area contributed by atoms with Crippen LogP contribution in [-0.2, 0) is 4.74 Å². The fraction of sp³-hybridized carbons (Fsp3) is 0.167. The SMILES string of the molecule is COC(=O)c1nn(-c2ccccc2)cc1OC. The Morgan fingerprint density at radius 3 is 2.53 bits per heavy atom. The zero-order valence-electron chi connectivity index (χ0n) is 9.58. The maximum Gasteiger partial charge on any atom is 0.362 e. The standard InChI is InChI=1S/C12H12N2O3/c1-16-10-8-14(9-6-4-3-5-7-9)13-11(10)12(15)17-2/h3-8H,1-2H3. The number of carbonyl (C=O) groups excluding carboxylic acids is 1. The van der Waals surface area contributed by atoms with Gasteiger partial charge in [-0.2, -0.15) is 5.10 Å². The van der Waals surface area contributed by atoms with Crippen molar-refractivity contribution in [1.29, 1.82) is 0 Å². The molecule has 0 saturated carbocycles. The van der Waals surface area contributed by atoms with E-state index in [2.05, 4.69) is 9.84 Å². The molecule has 1 aromatic heterocycles. The van der Waals surface area contributed by atoms with Crippen LogP contribution in [0, 0.1) is 0 Å². The number of carbonyl (C=O) groups is 1. The van der Waals surface area contributed by atoms with Gasteiger partial charge in [-0.25, -0.2) is 9.48 Å². The molecular weight excluding hydrogens is 220 g/mol. The fourth-order valence-corrected chi connectivity index (χ4v) is 1.46. The van der Waals surface area contributed by atoms with E-state index in [1.807, 2.05) is 30.3 Å². The molecular formula is C12H12N2O3. The van der Waals surface area contributed by atoms with Crippen LogP contribution in [0.25, 0.3) is 5.69 Å². The second-order valence-corrected chi connectivity index (χ2v) is 3.32. The first kappa shape index (κ1) is 11.2. The van der Waals surface area contributed by atoms with Crippen LogP contribution in [0.2, 0.25) is 0 Å². The molecule has 1 heterocycles. The van der Waals surface area contributed by atoms with Crippen molar-refractivity contribution in [3.8, 4) is 11.4 Å². The predicted octanol–water partition coefficient (Wildman–Crippen LogP) is 1.67. The van der Waals surface area contributed by atoms with Crippen LogP contribution in [-0.4, -0.2) is 30.0 Å². The maximum absolute atomic E-state index is 11.5. The summed E-state index contributed by atoms with van der Waals surface area (Å²) in [5.74, 6) is -0.128. The summed E-state index contributed by atoms with van der Waals surface area (Å²) in [5, 5.41) is 4.14. The highest BCUT2D eigenvalue weighted by Gasteiger charge is 2.18. The molecule has 0 saturated heterocycles. The first-order chi connectivity index (χ1) is 8.26. The van der Waals surface area contributed by atoms with Crippen LogP contribution in [0.4, 0.5) is 0 Å². The van der Waals surface area contributed by atoms with E-state index in [0.29, 0.717) is 5.75 Å². The Kier molecular flexibility index (Phi) is 3.09. The molecule has 0 N–H and O–H groups in total. The van der Waals surface area contributed by atoms with E-state index in [-0.39, 0.29) is 5.69 Å². The van der Waals surface area contributed by atoms with Crippen LogP contribution >= 0.6 is 0 Å². The largest absolute Gasteiger partial charge is 0.493 e. The Hall–Kier alpha value is -2.30. The lowest BCUT2D eigenvalue weighted by molar-refractivity contribution is 0.0590. The number of hydrogen-bond acceptors (Lipinski definition) is 4. The fourth-order valence-electron chi connectivity index (χ4n) is 1.46. The molecule has 0 aliphatic carbocycles. The Bertz CT molecular complexity index is 520. The number of ether oxygens (including phenoxy) is 2. The van der Waals surface area contributed by atoms with E-state index >= 15 is 0 Å². The van der Waals surface area contributed by atoms with Gasteiger partial charge in [-0.1, -0.05) is 18.2 Å².